The fraction of sp³-hybridized carbons (Fsp3) is 0.250. The van der Waals surface area contributed by atoms with Gasteiger partial charge < -0.3 is 14.8 Å². The molecule has 1 N–H and O–H groups in total. The monoisotopic (exact) mass is 537 g/mol. The molecule has 3 rings (SSSR count). The number of hydrogen-bond acceptors (Lipinski definition) is 3. The van der Waals surface area contributed by atoms with Gasteiger partial charge in [0.15, 0.2) is 0 Å². The van der Waals surface area contributed by atoms with Crippen molar-refractivity contribution in [3.63, 3.8) is 0 Å². The van der Waals surface area contributed by atoms with E-state index in [9.17, 15) is 31.1 Å². The molecule has 2 atom stereocenters. The summed E-state index contributed by atoms with van der Waals surface area (Å²) in [5, 5.41) is 2.68. The first-order chi connectivity index (χ1) is 17.8. The van der Waals surface area contributed by atoms with Crippen LogP contribution in [0.25, 0.3) is 0 Å². The molecular weight excluding hydrogens is 512 g/mol. The van der Waals surface area contributed by atoms with Gasteiger partial charge in [-0.2, -0.15) is 26.3 Å². The fourth-order valence-corrected chi connectivity index (χ4v) is 3.66. The number of rotatable bonds is 9. The van der Waals surface area contributed by atoms with Crippen LogP contribution < -0.4 is 5.32 Å². The minimum atomic E-state index is -4.99. The number of halogens is 6. The summed E-state index contributed by atoms with van der Waals surface area (Å²) in [6.45, 7) is 4.71. The van der Waals surface area contributed by atoms with Gasteiger partial charge in [0, 0.05) is 0 Å². The lowest BCUT2D eigenvalue weighted by molar-refractivity contribution is -0.143. The van der Waals surface area contributed by atoms with Crippen molar-refractivity contribution in [2.24, 2.45) is 0 Å². The van der Waals surface area contributed by atoms with Gasteiger partial charge >= 0.3 is 18.4 Å². The predicted molar refractivity (Wildman–Crippen MR) is 129 cm³/mol. The summed E-state index contributed by atoms with van der Waals surface area (Å²) >= 11 is 0. The minimum Gasteiger partial charge on any atom is -0.445 e. The first-order valence-corrected chi connectivity index (χ1v) is 11.4. The number of nitrogens with one attached hydrogen (secondary N) is 1. The number of ether oxygens (including phenoxy) is 2. The maximum absolute atomic E-state index is 13.3. The highest BCUT2D eigenvalue weighted by Gasteiger charge is 2.38. The lowest BCUT2D eigenvalue weighted by atomic mass is 9.90. The number of benzene rings is 3. The first-order valence-electron chi connectivity index (χ1n) is 11.4. The fourth-order valence-electron chi connectivity index (χ4n) is 3.66. The van der Waals surface area contributed by atoms with Gasteiger partial charge in [-0.3, -0.25) is 0 Å². The van der Waals surface area contributed by atoms with Crippen molar-refractivity contribution in [3.8, 4) is 0 Å². The molecule has 0 fully saturated rings. The molecule has 0 aromatic heterocycles. The zero-order valence-corrected chi connectivity index (χ0v) is 20.3. The van der Waals surface area contributed by atoms with Crippen LogP contribution in [0.4, 0.5) is 31.1 Å². The second-order valence-electron chi connectivity index (χ2n) is 8.52. The summed E-state index contributed by atoms with van der Waals surface area (Å²) in [7, 11) is 0. The molecule has 0 bridgehead atoms. The van der Waals surface area contributed by atoms with Gasteiger partial charge in [0.2, 0.25) is 0 Å². The van der Waals surface area contributed by atoms with E-state index >= 15 is 0 Å². The van der Waals surface area contributed by atoms with Gasteiger partial charge in [-0.25, -0.2) is 4.79 Å². The van der Waals surface area contributed by atoms with Crippen molar-refractivity contribution in [1.82, 2.24) is 5.32 Å². The Labute approximate surface area is 215 Å². The zero-order valence-electron chi connectivity index (χ0n) is 20.3. The number of carbonyl (C=O) groups excluding carboxylic acids is 1. The van der Waals surface area contributed by atoms with Crippen LogP contribution in [0.2, 0.25) is 0 Å². The molecule has 3 aromatic rings. The van der Waals surface area contributed by atoms with Crippen LogP contribution in [-0.2, 0) is 34.0 Å². The Morgan fingerprint density at radius 2 is 1.39 bits per heavy atom. The molecule has 202 valence electrons. The van der Waals surface area contributed by atoms with E-state index in [0.717, 1.165) is 5.56 Å². The Kier molecular flexibility index (Phi) is 8.88. The molecule has 0 saturated carbocycles. The molecule has 0 spiro atoms. The van der Waals surface area contributed by atoms with E-state index in [2.05, 4.69) is 11.9 Å². The predicted octanol–water partition coefficient (Wildman–Crippen LogP) is 7.81. The normalized spacial score (nSPS) is 14.3. The number of carbonyl (C=O) groups is 1. The molecule has 38 heavy (non-hydrogen) atoms. The van der Waals surface area contributed by atoms with Crippen molar-refractivity contribution >= 4 is 6.09 Å². The van der Waals surface area contributed by atoms with Gasteiger partial charge in [-0.1, -0.05) is 66.7 Å². The number of alkyl halides is 6. The standard InChI is InChI=1S/C28H25F6NO3/c1-3-26(22-12-8-5-9-13-22,35-25(36)37-17-20-10-6-4-7-11-20)18-38-19(2)21-14-23(27(29,30)31)16-24(15-21)28(32,33)34/h3-16,19H,1,17-18H2,2H3,(H,35,36)/t19-,26-/m1/s1. The molecule has 0 saturated heterocycles. The van der Waals surface area contributed by atoms with Gasteiger partial charge in [0.05, 0.1) is 23.8 Å². The number of hydrogen-bond donors (Lipinski definition) is 1. The van der Waals surface area contributed by atoms with Gasteiger partial charge in [0.25, 0.3) is 0 Å². The molecule has 0 aliphatic heterocycles. The van der Waals surface area contributed by atoms with Crippen molar-refractivity contribution in [1.29, 1.82) is 0 Å². The van der Waals surface area contributed by atoms with Crippen LogP contribution in [0.3, 0.4) is 0 Å². The smallest absolute Gasteiger partial charge is 0.416 e. The van der Waals surface area contributed by atoms with E-state index in [1.807, 2.05) is 6.07 Å². The highest BCUT2D eigenvalue weighted by molar-refractivity contribution is 5.69. The largest absolute Gasteiger partial charge is 0.445 e. The maximum atomic E-state index is 13.3. The van der Waals surface area contributed by atoms with Crippen LogP contribution in [-0.4, -0.2) is 12.7 Å². The topological polar surface area (TPSA) is 47.6 Å². The van der Waals surface area contributed by atoms with Crippen LogP contribution in [0.5, 0.6) is 0 Å². The minimum absolute atomic E-state index is 0.0313. The summed E-state index contributed by atoms with van der Waals surface area (Å²) in [4.78, 5) is 12.7. The van der Waals surface area contributed by atoms with E-state index in [1.54, 1.807) is 54.6 Å². The zero-order chi connectivity index (χ0) is 28.0. The molecule has 0 radical (unpaired) electrons. The quantitative estimate of drug-likeness (QED) is 0.224. The van der Waals surface area contributed by atoms with Crippen molar-refractivity contribution < 1.29 is 40.6 Å². The molecule has 0 aliphatic rings. The Balaban J connectivity index is 1.85. The van der Waals surface area contributed by atoms with Gasteiger partial charge in [0.1, 0.15) is 12.1 Å². The molecule has 1 amide bonds. The van der Waals surface area contributed by atoms with E-state index < -0.39 is 41.2 Å². The molecular formula is C28H25F6NO3. The summed E-state index contributed by atoms with van der Waals surface area (Å²) in [6, 6.07) is 18.6. The summed E-state index contributed by atoms with van der Waals surface area (Å²) in [5.41, 5.74) is -3.38. The molecule has 0 aliphatic carbocycles. The number of amides is 1. The summed E-state index contributed by atoms with van der Waals surface area (Å²) in [6.07, 6.45) is -10.6. The summed E-state index contributed by atoms with van der Waals surface area (Å²) in [5.74, 6) is 0. The molecule has 0 unspecified atom stereocenters. The maximum Gasteiger partial charge on any atom is 0.416 e. The second kappa shape index (κ2) is 11.7. The second-order valence-corrected chi connectivity index (χ2v) is 8.52. The molecule has 4 nitrogen and oxygen atoms in total. The van der Waals surface area contributed by atoms with E-state index in [4.69, 9.17) is 9.47 Å². The molecule has 0 heterocycles. The van der Waals surface area contributed by atoms with Crippen LogP contribution in [0.1, 0.15) is 40.8 Å². The van der Waals surface area contributed by atoms with E-state index in [-0.39, 0.29) is 24.8 Å². The Morgan fingerprint density at radius 1 is 0.868 bits per heavy atom. The average molecular weight is 538 g/mol. The van der Waals surface area contributed by atoms with Crippen LogP contribution in [0, 0.1) is 0 Å². The third-order valence-corrected chi connectivity index (χ3v) is 5.82. The SMILES string of the molecule is C=C[C@](CO[C@H](C)c1cc(C(F)(F)F)cc(C(F)(F)F)c1)(NC(=O)OCc1ccccc1)c1ccccc1. The lowest BCUT2D eigenvalue weighted by Crippen LogP contribution is -2.48. The highest BCUT2D eigenvalue weighted by atomic mass is 19.4. The third kappa shape index (κ3) is 7.38. The van der Waals surface area contributed by atoms with Crippen LogP contribution >= 0.6 is 0 Å². The molecule has 10 heteroatoms. The van der Waals surface area contributed by atoms with Crippen molar-refractivity contribution in [2.75, 3.05) is 6.61 Å². The first kappa shape index (κ1) is 28.8. The Morgan fingerprint density at radius 3 is 1.89 bits per heavy atom. The lowest BCUT2D eigenvalue weighted by Gasteiger charge is -2.33. The molecule has 3 aromatic carbocycles. The van der Waals surface area contributed by atoms with Crippen LogP contribution in [0.15, 0.2) is 91.5 Å². The van der Waals surface area contributed by atoms with Gasteiger partial charge in [-0.15, -0.1) is 6.58 Å². The van der Waals surface area contributed by atoms with Gasteiger partial charge in [-0.05, 0) is 41.8 Å². The van der Waals surface area contributed by atoms with E-state index in [1.165, 1.54) is 13.0 Å². The Bertz CT molecular complexity index is 1200. The average Bonchev–Trinajstić information content (AvgIpc) is 2.89. The Hall–Kier alpha value is -3.79. The third-order valence-electron chi connectivity index (χ3n) is 5.82. The van der Waals surface area contributed by atoms with E-state index in [0.29, 0.717) is 17.7 Å². The summed E-state index contributed by atoms with van der Waals surface area (Å²) < 4.78 is 90.9. The van der Waals surface area contributed by atoms with Crippen molar-refractivity contribution in [3.05, 3.63) is 119 Å². The number of alkyl carbamates (subject to hydrolysis) is 1. The van der Waals surface area contributed by atoms with Crippen molar-refractivity contribution in [2.45, 2.75) is 37.5 Å². The highest BCUT2D eigenvalue weighted by Crippen LogP contribution is 2.38.